The second kappa shape index (κ2) is 7.29. The molecule has 0 aromatic heterocycles. The number of carbonyl (C=O) groups is 1. The van der Waals surface area contributed by atoms with E-state index in [2.05, 4.69) is 5.32 Å². The van der Waals surface area contributed by atoms with E-state index >= 15 is 0 Å². The molecule has 0 aliphatic heterocycles. The normalized spacial score (nSPS) is 15.9. The summed E-state index contributed by atoms with van der Waals surface area (Å²) >= 11 is 0. The average molecular weight is 276 g/mol. The second-order valence-corrected chi connectivity index (χ2v) is 5.51. The van der Waals surface area contributed by atoms with Crippen molar-refractivity contribution in [1.29, 1.82) is 0 Å². The highest BCUT2D eigenvalue weighted by Crippen LogP contribution is 2.23. The number of nitrogens with zero attached hydrogens (tertiary/aromatic N) is 1. The van der Waals surface area contributed by atoms with Gasteiger partial charge in [-0.05, 0) is 31.9 Å². The molecule has 0 atom stereocenters. The maximum Gasteiger partial charge on any atom is 0.322 e. The average Bonchev–Trinajstić information content (AvgIpc) is 2.48. The Morgan fingerprint density at radius 1 is 1.25 bits per heavy atom. The SMILES string of the molecule is Cc1ccc(NC(=O)N(CCO)C2CCCCC2)cc1. The van der Waals surface area contributed by atoms with E-state index in [9.17, 15) is 9.90 Å². The summed E-state index contributed by atoms with van der Waals surface area (Å²) < 4.78 is 0. The van der Waals surface area contributed by atoms with E-state index in [0.717, 1.165) is 18.5 Å². The molecule has 0 unspecified atom stereocenters. The van der Waals surface area contributed by atoms with E-state index < -0.39 is 0 Å². The molecule has 2 N–H and O–H groups in total. The standard InChI is InChI=1S/C16H24N2O2/c1-13-7-9-14(10-8-13)17-16(20)18(11-12-19)15-5-3-2-4-6-15/h7-10,15,19H,2-6,11-12H2,1H3,(H,17,20). The Labute approximate surface area is 120 Å². The fraction of sp³-hybridized carbons (Fsp3) is 0.562. The first kappa shape index (κ1) is 14.9. The molecule has 0 spiro atoms. The molecule has 1 aromatic rings. The Morgan fingerprint density at radius 2 is 1.90 bits per heavy atom. The monoisotopic (exact) mass is 276 g/mol. The summed E-state index contributed by atoms with van der Waals surface area (Å²) in [6.07, 6.45) is 5.68. The van der Waals surface area contributed by atoms with E-state index in [1.54, 1.807) is 4.90 Å². The number of aryl methyl sites for hydroxylation is 1. The van der Waals surface area contributed by atoms with Crippen LogP contribution in [0, 0.1) is 6.92 Å². The van der Waals surface area contributed by atoms with Crippen molar-refractivity contribution in [2.45, 2.75) is 45.1 Å². The van der Waals surface area contributed by atoms with Gasteiger partial charge in [-0.3, -0.25) is 0 Å². The predicted octanol–water partition coefficient (Wildman–Crippen LogP) is 3.15. The maximum absolute atomic E-state index is 12.4. The van der Waals surface area contributed by atoms with Crippen molar-refractivity contribution in [1.82, 2.24) is 4.90 Å². The number of benzene rings is 1. The molecule has 4 heteroatoms. The van der Waals surface area contributed by atoms with Crippen molar-refractivity contribution >= 4 is 11.7 Å². The van der Waals surface area contributed by atoms with E-state index in [4.69, 9.17) is 0 Å². The van der Waals surface area contributed by atoms with Crippen LogP contribution in [0.4, 0.5) is 10.5 Å². The fourth-order valence-electron chi connectivity index (χ4n) is 2.78. The van der Waals surface area contributed by atoms with Gasteiger partial charge in [-0.25, -0.2) is 4.79 Å². The molecule has 1 aliphatic carbocycles. The van der Waals surface area contributed by atoms with Crippen molar-refractivity contribution in [2.75, 3.05) is 18.5 Å². The van der Waals surface area contributed by atoms with Gasteiger partial charge < -0.3 is 15.3 Å². The largest absolute Gasteiger partial charge is 0.395 e. The van der Waals surface area contributed by atoms with Crippen molar-refractivity contribution in [3.63, 3.8) is 0 Å². The summed E-state index contributed by atoms with van der Waals surface area (Å²) in [6.45, 7) is 2.44. The number of hydrogen-bond donors (Lipinski definition) is 2. The lowest BCUT2D eigenvalue weighted by molar-refractivity contribution is 0.144. The number of rotatable bonds is 4. The Bertz CT molecular complexity index is 425. The molecule has 2 amide bonds. The van der Waals surface area contributed by atoms with Crippen molar-refractivity contribution in [3.05, 3.63) is 29.8 Å². The lowest BCUT2D eigenvalue weighted by Crippen LogP contribution is -2.45. The molecular weight excluding hydrogens is 252 g/mol. The quantitative estimate of drug-likeness (QED) is 0.887. The lowest BCUT2D eigenvalue weighted by Gasteiger charge is -2.34. The Hall–Kier alpha value is -1.55. The van der Waals surface area contributed by atoms with E-state index in [1.807, 2.05) is 31.2 Å². The third kappa shape index (κ3) is 3.97. The zero-order valence-corrected chi connectivity index (χ0v) is 12.1. The molecule has 0 heterocycles. The Kier molecular flexibility index (Phi) is 5.41. The number of aliphatic hydroxyl groups is 1. The summed E-state index contributed by atoms with van der Waals surface area (Å²) in [5.74, 6) is 0. The third-order valence-corrected chi connectivity index (χ3v) is 3.92. The molecular formula is C16H24N2O2. The van der Waals surface area contributed by atoms with Crippen LogP contribution in [0.15, 0.2) is 24.3 Å². The van der Waals surface area contributed by atoms with E-state index in [1.165, 1.54) is 24.8 Å². The molecule has 20 heavy (non-hydrogen) atoms. The molecule has 2 rings (SSSR count). The Morgan fingerprint density at radius 3 is 2.50 bits per heavy atom. The minimum atomic E-state index is -0.102. The zero-order chi connectivity index (χ0) is 14.4. The summed E-state index contributed by atoms with van der Waals surface area (Å²) in [5, 5.41) is 12.1. The number of carbonyl (C=O) groups excluding carboxylic acids is 1. The summed E-state index contributed by atoms with van der Waals surface area (Å²) in [5.41, 5.74) is 1.97. The number of urea groups is 1. The van der Waals surface area contributed by atoms with Gasteiger partial charge in [-0.2, -0.15) is 0 Å². The number of hydrogen-bond acceptors (Lipinski definition) is 2. The first-order valence-corrected chi connectivity index (χ1v) is 7.46. The first-order valence-electron chi connectivity index (χ1n) is 7.46. The van der Waals surface area contributed by atoms with Crippen LogP contribution < -0.4 is 5.32 Å². The van der Waals surface area contributed by atoms with Crippen LogP contribution in [0.25, 0.3) is 0 Å². The zero-order valence-electron chi connectivity index (χ0n) is 12.1. The summed E-state index contributed by atoms with van der Waals surface area (Å²) in [4.78, 5) is 14.2. The highest BCUT2D eigenvalue weighted by molar-refractivity contribution is 5.89. The highest BCUT2D eigenvalue weighted by Gasteiger charge is 2.24. The van der Waals surface area contributed by atoms with Crippen molar-refractivity contribution < 1.29 is 9.90 Å². The molecule has 0 radical (unpaired) electrons. The summed E-state index contributed by atoms with van der Waals surface area (Å²) in [7, 11) is 0. The van der Waals surface area contributed by atoms with Gasteiger partial charge in [0.15, 0.2) is 0 Å². The second-order valence-electron chi connectivity index (χ2n) is 5.51. The fourth-order valence-corrected chi connectivity index (χ4v) is 2.78. The van der Waals surface area contributed by atoms with Crippen LogP contribution in [0.2, 0.25) is 0 Å². The Balaban J connectivity index is 2.00. The molecule has 0 saturated heterocycles. The van der Waals surface area contributed by atoms with Gasteiger partial charge in [-0.1, -0.05) is 37.0 Å². The predicted molar refractivity (Wildman–Crippen MR) is 80.9 cm³/mol. The lowest BCUT2D eigenvalue weighted by atomic mass is 9.94. The highest BCUT2D eigenvalue weighted by atomic mass is 16.3. The number of anilines is 1. The van der Waals surface area contributed by atoms with E-state index in [0.29, 0.717) is 6.54 Å². The number of nitrogens with one attached hydrogen (secondary N) is 1. The van der Waals surface area contributed by atoms with E-state index in [-0.39, 0.29) is 18.7 Å². The molecule has 110 valence electrons. The van der Waals surface area contributed by atoms with Crippen LogP contribution in [-0.4, -0.2) is 35.2 Å². The van der Waals surface area contributed by atoms with Gasteiger partial charge in [0, 0.05) is 18.3 Å². The molecule has 4 nitrogen and oxygen atoms in total. The minimum Gasteiger partial charge on any atom is -0.395 e. The number of amides is 2. The van der Waals surface area contributed by atoms with Crippen LogP contribution in [0.3, 0.4) is 0 Å². The molecule has 1 saturated carbocycles. The van der Waals surface area contributed by atoms with Gasteiger partial charge in [0.25, 0.3) is 0 Å². The molecule has 0 bridgehead atoms. The van der Waals surface area contributed by atoms with Crippen LogP contribution in [0.5, 0.6) is 0 Å². The number of aliphatic hydroxyl groups excluding tert-OH is 1. The maximum atomic E-state index is 12.4. The van der Waals surface area contributed by atoms with Gasteiger partial charge in [0.1, 0.15) is 0 Å². The minimum absolute atomic E-state index is 0.0117. The topological polar surface area (TPSA) is 52.6 Å². The molecule has 1 aliphatic rings. The van der Waals surface area contributed by atoms with Crippen LogP contribution in [0.1, 0.15) is 37.7 Å². The van der Waals surface area contributed by atoms with Gasteiger partial charge >= 0.3 is 6.03 Å². The smallest absolute Gasteiger partial charge is 0.322 e. The molecule has 1 fully saturated rings. The van der Waals surface area contributed by atoms with Crippen LogP contribution >= 0.6 is 0 Å². The van der Waals surface area contributed by atoms with Gasteiger partial charge in [0.2, 0.25) is 0 Å². The third-order valence-electron chi connectivity index (χ3n) is 3.92. The van der Waals surface area contributed by atoms with Crippen molar-refractivity contribution in [3.8, 4) is 0 Å². The van der Waals surface area contributed by atoms with Crippen molar-refractivity contribution in [2.24, 2.45) is 0 Å². The first-order chi connectivity index (χ1) is 9.70. The molecule has 1 aromatic carbocycles. The van der Waals surface area contributed by atoms with Gasteiger partial charge in [0.05, 0.1) is 6.61 Å². The van der Waals surface area contributed by atoms with Gasteiger partial charge in [-0.15, -0.1) is 0 Å². The van der Waals surface area contributed by atoms with Crippen LogP contribution in [-0.2, 0) is 0 Å². The summed E-state index contributed by atoms with van der Waals surface area (Å²) in [6, 6.07) is 7.94.